The van der Waals surface area contributed by atoms with E-state index < -0.39 is 0 Å². The third kappa shape index (κ3) is 4.47. The van der Waals surface area contributed by atoms with E-state index in [4.69, 9.17) is 15.4 Å². The molecule has 2 aliphatic heterocycles. The second kappa shape index (κ2) is 9.70. The maximum absolute atomic E-state index is 8.79. The first kappa shape index (κ1) is 22.1. The van der Waals surface area contributed by atoms with Gasteiger partial charge < -0.3 is 4.90 Å². The van der Waals surface area contributed by atoms with Crippen LogP contribution in [0.15, 0.2) is 64.6 Å². The van der Waals surface area contributed by atoms with Crippen LogP contribution in [0.25, 0.3) is 11.1 Å². The Bertz CT molecular complexity index is 1190. The number of aromatic nitrogens is 2. The minimum atomic E-state index is 0.447. The van der Waals surface area contributed by atoms with Crippen molar-refractivity contribution in [2.24, 2.45) is 0 Å². The summed E-state index contributed by atoms with van der Waals surface area (Å²) in [6.45, 7) is 6.20. The van der Waals surface area contributed by atoms with Gasteiger partial charge in [0.1, 0.15) is 15.8 Å². The predicted molar refractivity (Wildman–Crippen MR) is 141 cm³/mol. The molecule has 2 aromatic heterocycles. The van der Waals surface area contributed by atoms with Crippen LogP contribution in [0.5, 0.6) is 0 Å². The van der Waals surface area contributed by atoms with Crippen molar-refractivity contribution < 1.29 is 0 Å². The van der Waals surface area contributed by atoms with Crippen molar-refractivity contribution >= 4 is 35.3 Å². The van der Waals surface area contributed by atoms with Crippen LogP contribution in [0.1, 0.15) is 30.7 Å². The van der Waals surface area contributed by atoms with E-state index in [1.54, 1.807) is 23.9 Å². The van der Waals surface area contributed by atoms with Gasteiger partial charge in [-0.15, -0.1) is 0 Å². The predicted octanol–water partition coefficient (Wildman–Crippen LogP) is 5.20. The average molecular weight is 489 g/mol. The summed E-state index contributed by atoms with van der Waals surface area (Å²) in [5.74, 6) is 0. The number of hydrogen-bond acceptors (Lipinski definition) is 8. The molecule has 1 aliphatic carbocycles. The molecule has 1 N–H and O–H groups in total. The van der Waals surface area contributed by atoms with Gasteiger partial charge in [0.05, 0.1) is 11.4 Å². The summed E-state index contributed by atoms with van der Waals surface area (Å²) in [5.41, 5.74) is 5.32. The molecule has 3 aromatic rings. The molecule has 0 amide bonds. The molecular formula is C26H28N6S2. The van der Waals surface area contributed by atoms with Gasteiger partial charge in [-0.25, -0.2) is 18.6 Å². The second-order valence-corrected chi connectivity index (χ2v) is 11.1. The zero-order valence-corrected chi connectivity index (χ0v) is 20.7. The fourth-order valence-electron chi connectivity index (χ4n) is 4.81. The number of anilines is 1. The quantitative estimate of drug-likeness (QED) is 0.388. The minimum Gasteiger partial charge on any atom is -0.369 e. The first-order valence-corrected chi connectivity index (χ1v) is 13.6. The number of hydrogen-bond donors (Lipinski definition) is 1. The van der Waals surface area contributed by atoms with Gasteiger partial charge >= 0.3 is 0 Å². The minimum absolute atomic E-state index is 0.447. The van der Waals surface area contributed by atoms with Gasteiger partial charge in [-0.05, 0) is 73.1 Å². The smallest absolute Gasteiger partial charge is 0.112 e. The van der Waals surface area contributed by atoms with Crippen molar-refractivity contribution in [3.8, 4) is 11.1 Å². The maximum Gasteiger partial charge on any atom is 0.112 e. The van der Waals surface area contributed by atoms with Gasteiger partial charge in [-0.2, -0.15) is 0 Å². The van der Waals surface area contributed by atoms with Crippen molar-refractivity contribution in [2.45, 2.75) is 29.3 Å². The number of rotatable bonds is 5. The Labute approximate surface area is 209 Å². The van der Waals surface area contributed by atoms with Gasteiger partial charge in [0.2, 0.25) is 0 Å². The van der Waals surface area contributed by atoms with Gasteiger partial charge in [-0.1, -0.05) is 24.6 Å². The van der Waals surface area contributed by atoms with Crippen molar-refractivity contribution in [1.82, 2.24) is 18.6 Å². The van der Waals surface area contributed by atoms with Gasteiger partial charge in [0, 0.05) is 56.1 Å². The number of nitrogens with one attached hydrogen (secondary N) is 1. The van der Waals surface area contributed by atoms with Crippen LogP contribution in [-0.4, -0.2) is 63.6 Å². The van der Waals surface area contributed by atoms with E-state index in [0.717, 1.165) is 71.8 Å². The maximum atomic E-state index is 8.79. The molecule has 4 heterocycles. The third-order valence-corrected chi connectivity index (χ3v) is 8.70. The topological polar surface area (TPSA) is 59.4 Å². The number of piperazine rings is 1. The van der Waals surface area contributed by atoms with Crippen LogP contribution < -0.4 is 4.90 Å². The summed E-state index contributed by atoms with van der Waals surface area (Å²) in [4.78, 5) is 12.2. The summed E-state index contributed by atoms with van der Waals surface area (Å²) in [6, 6.07) is 19.0. The first-order valence-electron chi connectivity index (χ1n) is 12.0. The zero-order chi connectivity index (χ0) is 22.9. The highest BCUT2D eigenvalue weighted by Gasteiger charge is 2.28. The lowest BCUT2D eigenvalue weighted by atomic mass is 10.1. The van der Waals surface area contributed by atoms with Crippen LogP contribution in [0, 0.1) is 5.41 Å². The lowest BCUT2D eigenvalue weighted by molar-refractivity contribution is 0.380. The highest BCUT2D eigenvalue weighted by atomic mass is 32.2. The summed E-state index contributed by atoms with van der Waals surface area (Å²) in [7, 11) is 0. The Morgan fingerprint density at radius 3 is 1.76 bits per heavy atom. The summed E-state index contributed by atoms with van der Waals surface area (Å²) < 4.78 is 4.78. The summed E-state index contributed by atoms with van der Waals surface area (Å²) in [5, 5.41) is 10.7. The normalized spacial score (nSPS) is 18.7. The van der Waals surface area contributed by atoms with Crippen LogP contribution in [0.2, 0.25) is 0 Å². The fraction of sp³-hybridized carbons (Fsp3) is 0.346. The van der Waals surface area contributed by atoms with E-state index in [0.29, 0.717) is 5.71 Å². The molecule has 0 unspecified atom stereocenters. The molecule has 0 bridgehead atoms. The lowest BCUT2D eigenvalue weighted by Crippen LogP contribution is -2.43. The highest BCUT2D eigenvalue weighted by molar-refractivity contribution is 7.97. The number of piperidine rings is 1. The Morgan fingerprint density at radius 1 is 0.618 bits per heavy atom. The first-order chi connectivity index (χ1) is 16.7. The number of pyridine rings is 2. The molecule has 8 heteroatoms. The van der Waals surface area contributed by atoms with Crippen LogP contribution in [-0.2, 0) is 0 Å². The standard InChI is InChI=1S/C26H28N6S2/c27-24-25-20(9-11-22(28-25)33-31-13-5-2-6-14-31)21-10-12-23(29-26(21)24)34-32-17-15-30(16-18-32)19-7-3-1-4-8-19/h1,3-4,7-12,27H,2,5-6,13-18H2. The lowest BCUT2D eigenvalue weighted by Gasteiger charge is -2.35. The van der Waals surface area contributed by atoms with Gasteiger partial charge in [0.25, 0.3) is 0 Å². The molecular weight excluding hydrogens is 460 g/mol. The fourth-order valence-corrected chi connectivity index (χ4v) is 6.65. The number of benzene rings is 1. The Kier molecular flexibility index (Phi) is 6.30. The highest BCUT2D eigenvalue weighted by Crippen LogP contribution is 2.38. The average Bonchev–Trinajstić information content (AvgIpc) is 3.16. The van der Waals surface area contributed by atoms with E-state index in [9.17, 15) is 0 Å². The monoisotopic (exact) mass is 488 g/mol. The molecule has 34 heavy (non-hydrogen) atoms. The molecule has 6 nitrogen and oxygen atoms in total. The molecule has 0 radical (unpaired) electrons. The molecule has 174 valence electrons. The number of para-hydroxylation sites is 1. The van der Waals surface area contributed by atoms with Gasteiger partial charge in [0.15, 0.2) is 0 Å². The Balaban J connectivity index is 1.13. The molecule has 0 saturated carbocycles. The number of nitrogens with zero attached hydrogens (tertiary/aromatic N) is 5. The molecule has 6 rings (SSSR count). The van der Waals surface area contributed by atoms with E-state index >= 15 is 0 Å². The largest absolute Gasteiger partial charge is 0.369 e. The third-order valence-electron chi connectivity index (χ3n) is 6.62. The zero-order valence-electron chi connectivity index (χ0n) is 19.1. The van der Waals surface area contributed by atoms with E-state index in [2.05, 4.69) is 68.1 Å². The number of fused-ring (bicyclic) bond motifs is 3. The van der Waals surface area contributed by atoms with Gasteiger partial charge in [-0.3, -0.25) is 5.41 Å². The molecule has 0 spiro atoms. The van der Waals surface area contributed by atoms with Crippen molar-refractivity contribution in [1.29, 1.82) is 5.41 Å². The van der Waals surface area contributed by atoms with E-state index in [1.165, 1.54) is 24.9 Å². The van der Waals surface area contributed by atoms with Crippen LogP contribution >= 0.6 is 23.9 Å². The van der Waals surface area contributed by atoms with Crippen LogP contribution in [0.3, 0.4) is 0 Å². The Morgan fingerprint density at radius 2 is 1.18 bits per heavy atom. The van der Waals surface area contributed by atoms with E-state index in [1.807, 2.05) is 0 Å². The molecule has 3 aliphatic rings. The second-order valence-electron chi connectivity index (χ2n) is 8.89. The summed E-state index contributed by atoms with van der Waals surface area (Å²) in [6.07, 6.45) is 3.83. The SMILES string of the molecule is N=C1c2nc(SN3CCCCC3)ccc2-c2ccc(SN3CCN(c4ccccc4)CC3)nc21. The van der Waals surface area contributed by atoms with Crippen LogP contribution in [0.4, 0.5) is 5.69 Å². The molecule has 0 atom stereocenters. The van der Waals surface area contributed by atoms with Crippen molar-refractivity contribution in [2.75, 3.05) is 44.2 Å². The van der Waals surface area contributed by atoms with Crippen molar-refractivity contribution in [3.63, 3.8) is 0 Å². The molecule has 2 saturated heterocycles. The van der Waals surface area contributed by atoms with Crippen molar-refractivity contribution in [3.05, 3.63) is 66.0 Å². The molecule has 2 fully saturated rings. The summed E-state index contributed by atoms with van der Waals surface area (Å²) >= 11 is 3.43. The Hall–Kier alpha value is -2.39. The van der Waals surface area contributed by atoms with E-state index in [-0.39, 0.29) is 0 Å². The molecule has 1 aromatic carbocycles.